The van der Waals surface area contributed by atoms with E-state index in [1.807, 2.05) is 24.3 Å². The van der Waals surface area contributed by atoms with Gasteiger partial charge in [-0.3, -0.25) is 0 Å². The second-order valence-electron chi connectivity index (χ2n) is 7.32. The SMILES string of the molecule is Nc1ccc(C[C@@H](CN2CCCC2)NC(=O)Nc2ccc(OC(F)(F)F)cc2)cc1. The highest BCUT2D eigenvalue weighted by molar-refractivity contribution is 5.89. The Morgan fingerprint density at radius 1 is 1.07 bits per heavy atom. The fraction of sp³-hybridized carbons (Fsp3) is 0.381. The van der Waals surface area contributed by atoms with Gasteiger partial charge in [-0.25, -0.2) is 4.79 Å². The van der Waals surface area contributed by atoms with Crippen LogP contribution in [0.1, 0.15) is 18.4 Å². The maximum Gasteiger partial charge on any atom is 0.573 e. The minimum Gasteiger partial charge on any atom is -0.406 e. The summed E-state index contributed by atoms with van der Waals surface area (Å²) in [6.07, 6.45) is -1.82. The molecule has 0 aliphatic carbocycles. The molecule has 1 heterocycles. The van der Waals surface area contributed by atoms with Crippen LogP contribution in [0.3, 0.4) is 0 Å². The topological polar surface area (TPSA) is 79.6 Å². The summed E-state index contributed by atoms with van der Waals surface area (Å²) in [6.45, 7) is 2.72. The number of nitrogens with zero attached hydrogens (tertiary/aromatic N) is 1. The number of carbonyl (C=O) groups is 1. The van der Waals surface area contributed by atoms with Gasteiger partial charge in [-0.05, 0) is 74.3 Å². The number of hydrogen-bond acceptors (Lipinski definition) is 4. The Kier molecular flexibility index (Phi) is 7.04. The number of ether oxygens (including phenoxy) is 1. The molecule has 1 aliphatic rings. The Balaban J connectivity index is 1.59. The van der Waals surface area contributed by atoms with E-state index in [1.165, 1.54) is 12.1 Å². The predicted octanol–water partition coefficient (Wildman–Crippen LogP) is 4.00. The van der Waals surface area contributed by atoms with Crippen molar-refractivity contribution >= 4 is 17.4 Å². The molecule has 0 bridgehead atoms. The molecule has 2 aromatic rings. The average molecular weight is 422 g/mol. The van der Waals surface area contributed by atoms with Crippen molar-refractivity contribution in [3.63, 3.8) is 0 Å². The van der Waals surface area contributed by atoms with Gasteiger partial charge in [0.05, 0.1) is 0 Å². The van der Waals surface area contributed by atoms with Crippen molar-refractivity contribution in [3.05, 3.63) is 54.1 Å². The Hall–Kier alpha value is -2.94. The maximum absolute atomic E-state index is 12.5. The monoisotopic (exact) mass is 422 g/mol. The van der Waals surface area contributed by atoms with Crippen molar-refractivity contribution in [1.29, 1.82) is 0 Å². The number of rotatable bonds is 7. The second-order valence-corrected chi connectivity index (χ2v) is 7.32. The lowest BCUT2D eigenvalue weighted by atomic mass is 10.1. The molecule has 1 aliphatic heterocycles. The van der Waals surface area contributed by atoms with Crippen molar-refractivity contribution in [1.82, 2.24) is 10.2 Å². The summed E-state index contributed by atoms with van der Waals surface area (Å²) in [5.41, 5.74) is 7.85. The molecule has 0 unspecified atom stereocenters. The number of carbonyl (C=O) groups excluding carboxylic acids is 1. The molecule has 1 saturated heterocycles. The Morgan fingerprint density at radius 3 is 2.30 bits per heavy atom. The maximum atomic E-state index is 12.5. The molecular formula is C21H25F3N4O2. The van der Waals surface area contributed by atoms with Gasteiger partial charge in [-0.15, -0.1) is 13.2 Å². The summed E-state index contributed by atoms with van der Waals surface area (Å²) >= 11 is 0. The number of hydrogen-bond donors (Lipinski definition) is 3. The molecule has 30 heavy (non-hydrogen) atoms. The van der Waals surface area contributed by atoms with E-state index in [2.05, 4.69) is 20.3 Å². The molecule has 0 spiro atoms. The Bertz CT molecular complexity index is 820. The second kappa shape index (κ2) is 9.71. The van der Waals surface area contributed by atoms with Crippen LogP contribution in [0, 0.1) is 0 Å². The average Bonchev–Trinajstić information content (AvgIpc) is 3.17. The fourth-order valence-corrected chi connectivity index (χ4v) is 3.47. The van der Waals surface area contributed by atoms with E-state index in [4.69, 9.17) is 5.73 Å². The number of alkyl halides is 3. The molecule has 0 radical (unpaired) electrons. The highest BCUT2D eigenvalue weighted by atomic mass is 19.4. The molecule has 6 nitrogen and oxygen atoms in total. The minimum atomic E-state index is -4.75. The van der Waals surface area contributed by atoms with Crippen LogP contribution in [0.4, 0.5) is 29.3 Å². The summed E-state index contributed by atoms with van der Waals surface area (Å²) in [5.74, 6) is -0.344. The summed E-state index contributed by atoms with van der Waals surface area (Å²) in [6, 6.07) is 12.0. The molecule has 4 N–H and O–H groups in total. The number of amides is 2. The van der Waals surface area contributed by atoms with Gasteiger partial charge in [0, 0.05) is 24.0 Å². The van der Waals surface area contributed by atoms with Crippen LogP contribution in [-0.4, -0.2) is 43.0 Å². The van der Waals surface area contributed by atoms with E-state index in [0.29, 0.717) is 17.8 Å². The van der Waals surface area contributed by atoms with Crippen molar-refractivity contribution in [2.45, 2.75) is 31.7 Å². The molecule has 162 valence electrons. The van der Waals surface area contributed by atoms with Gasteiger partial charge in [0.2, 0.25) is 0 Å². The van der Waals surface area contributed by atoms with E-state index in [-0.39, 0.29) is 11.8 Å². The third-order valence-corrected chi connectivity index (χ3v) is 4.82. The van der Waals surface area contributed by atoms with Crippen LogP contribution in [0.2, 0.25) is 0 Å². The number of halogens is 3. The number of nitrogen functional groups attached to an aromatic ring is 1. The molecule has 1 atom stereocenters. The van der Waals surface area contributed by atoms with E-state index in [0.717, 1.165) is 50.2 Å². The first kappa shape index (κ1) is 21.8. The largest absolute Gasteiger partial charge is 0.573 e. The minimum absolute atomic E-state index is 0.125. The van der Waals surface area contributed by atoms with Gasteiger partial charge in [0.25, 0.3) is 0 Å². The van der Waals surface area contributed by atoms with Gasteiger partial charge in [-0.1, -0.05) is 12.1 Å². The number of urea groups is 1. The van der Waals surface area contributed by atoms with Gasteiger partial charge < -0.3 is 26.0 Å². The summed E-state index contributed by atoms with van der Waals surface area (Å²) in [4.78, 5) is 14.8. The van der Waals surface area contributed by atoms with Crippen molar-refractivity contribution in [3.8, 4) is 5.75 Å². The van der Waals surface area contributed by atoms with Crippen LogP contribution in [0.15, 0.2) is 48.5 Å². The molecule has 2 aromatic carbocycles. The van der Waals surface area contributed by atoms with E-state index < -0.39 is 12.4 Å². The van der Waals surface area contributed by atoms with Crippen LogP contribution >= 0.6 is 0 Å². The lowest BCUT2D eigenvalue weighted by Crippen LogP contribution is -2.46. The van der Waals surface area contributed by atoms with Crippen molar-refractivity contribution < 1.29 is 22.7 Å². The zero-order valence-electron chi connectivity index (χ0n) is 16.4. The lowest BCUT2D eigenvalue weighted by Gasteiger charge is -2.25. The van der Waals surface area contributed by atoms with Crippen molar-refractivity contribution in [2.75, 3.05) is 30.7 Å². The van der Waals surface area contributed by atoms with Crippen molar-refractivity contribution in [2.24, 2.45) is 0 Å². The highest BCUT2D eigenvalue weighted by Crippen LogP contribution is 2.24. The lowest BCUT2D eigenvalue weighted by molar-refractivity contribution is -0.274. The number of anilines is 2. The zero-order valence-corrected chi connectivity index (χ0v) is 16.4. The number of likely N-dealkylation sites (tertiary alicyclic amines) is 1. The molecule has 9 heteroatoms. The summed E-state index contributed by atoms with van der Waals surface area (Å²) in [7, 11) is 0. The quantitative estimate of drug-likeness (QED) is 0.590. The normalized spacial score (nSPS) is 15.6. The Labute approximate surface area is 173 Å². The van der Waals surface area contributed by atoms with E-state index in [1.54, 1.807) is 0 Å². The number of benzene rings is 2. The fourth-order valence-electron chi connectivity index (χ4n) is 3.47. The van der Waals surface area contributed by atoms with Gasteiger partial charge in [-0.2, -0.15) is 0 Å². The third-order valence-electron chi connectivity index (χ3n) is 4.82. The van der Waals surface area contributed by atoms with Crippen LogP contribution in [0.25, 0.3) is 0 Å². The third kappa shape index (κ3) is 7.14. The number of nitrogens with two attached hydrogens (primary N) is 1. The van der Waals surface area contributed by atoms with Gasteiger partial charge >= 0.3 is 12.4 Å². The molecular weight excluding hydrogens is 397 g/mol. The summed E-state index contributed by atoms with van der Waals surface area (Å²) < 4.78 is 40.6. The smallest absolute Gasteiger partial charge is 0.406 e. The Morgan fingerprint density at radius 2 is 1.70 bits per heavy atom. The highest BCUT2D eigenvalue weighted by Gasteiger charge is 2.31. The zero-order chi connectivity index (χ0) is 21.6. The molecule has 0 aromatic heterocycles. The number of nitrogens with one attached hydrogen (secondary N) is 2. The first-order valence-corrected chi connectivity index (χ1v) is 9.77. The van der Waals surface area contributed by atoms with Gasteiger partial charge in [0.1, 0.15) is 5.75 Å². The first-order valence-electron chi connectivity index (χ1n) is 9.77. The molecule has 2 amide bonds. The van der Waals surface area contributed by atoms with E-state index in [9.17, 15) is 18.0 Å². The van der Waals surface area contributed by atoms with Crippen LogP contribution in [-0.2, 0) is 6.42 Å². The van der Waals surface area contributed by atoms with E-state index >= 15 is 0 Å². The van der Waals surface area contributed by atoms with Crippen LogP contribution in [0.5, 0.6) is 5.75 Å². The van der Waals surface area contributed by atoms with Crippen LogP contribution < -0.4 is 21.1 Å². The standard InChI is InChI=1S/C21H25F3N4O2/c22-21(23,24)30-19-9-7-17(8-10-19)26-20(29)27-18(14-28-11-1-2-12-28)13-15-3-5-16(25)6-4-15/h3-10,18H,1-2,11-14,25H2,(H2,26,27,29)/t18-/m0/s1. The predicted molar refractivity (Wildman–Crippen MR) is 109 cm³/mol. The first-order chi connectivity index (χ1) is 14.3. The molecule has 3 rings (SSSR count). The molecule has 0 saturated carbocycles. The summed E-state index contributed by atoms with van der Waals surface area (Å²) in [5, 5.41) is 5.63. The molecule has 1 fully saturated rings. The van der Waals surface area contributed by atoms with Gasteiger partial charge in [0.15, 0.2) is 0 Å².